The number of rotatable bonds is 3. The Balaban J connectivity index is 1.48. The van der Waals surface area contributed by atoms with E-state index in [1.54, 1.807) is 0 Å². The zero-order valence-electron chi connectivity index (χ0n) is 15.6. The van der Waals surface area contributed by atoms with Crippen LogP contribution < -0.4 is 10.2 Å². The fraction of sp³-hybridized carbons (Fsp3) is 0.364. The van der Waals surface area contributed by atoms with E-state index in [4.69, 9.17) is 0 Å². The summed E-state index contributed by atoms with van der Waals surface area (Å²) in [5.74, 6) is 0.178. The summed E-state index contributed by atoms with van der Waals surface area (Å²) in [7, 11) is 0. The number of carbonyl (C=O) groups excluding carboxylic acids is 2. The van der Waals surface area contributed by atoms with Crippen LogP contribution in [0.15, 0.2) is 48.5 Å². The highest BCUT2D eigenvalue weighted by molar-refractivity contribution is 5.97. The van der Waals surface area contributed by atoms with Gasteiger partial charge in [0, 0.05) is 30.9 Å². The largest absolute Gasteiger partial charge is 0.322 e. The Bertz CT molecular complexity index is 850. The SMILES string of the molecule is Cc1cc(NC(=O)N2CCC[C@@H]2c2ccccc2)ccc1N1CCCC1=O. The molecule has 3 amide bonds. The second kappa shape index (κ2) is 7.43. The van der Waals surface area contributed by atoms with Crippen molar-refractivity contribution < 1.29 is 9.59 Å². The fourth-order valence-electron chi connectivity index (χ4n) is 4.17. The molecule has 140 valence electrons. The van der Waals surface area contributed by atoms with Crippen molar-refractivity contribution in [2.45, 2.75) is 38.6 Å². The predicted molar refractivity (Wildman–Crippen MR) is 107 cm³/mol. The number of urea groups is 1. The third-order valence-electron chi connectivity index (χ3n) is 5.51. The van der Waals surface area contributed by atoms with Gasteiger partial charge in [0.25, 0.3) is 0 Å². The topological polar surface area (TPSA) is 52.7 Å². The van der Waals surface area contributed by atoms with Crippen LogP contribution in [0.25, 0.3) is 0 Å². The fourth-order valence-corrected chi connectivity index (χ4v) is 4.17. The average Bonchev–Trinajstić information content (AvgIpc) is 3.32. The molecule has 0 saturated carbocycles. The number of aryl methyl sites for hydroxylation is 1. The standard InChI is InChI=1S/C22H25N3O2/c1-16-15-18(11-12-19(16)24-13-6-10-21(24)26)23-22(27)25-14-5-9-20(25)17-7-3-2-4-8-17/h2-4,7-8,11-12,15,20H,5-6,9-10,13-14H2,1H3,(H,23,27)/t20-/m1/s1. The molecule has 0 bridgehead atoms. The first kappa shape index (κ1) is 17.6. The normalized spacial score (nSPS) is 19.6. The molecule has 2 saturated heterocycles. The molecule has 5 nitrogen and oxygen atoms in total. The molecule has 0 unspecified atom stereocenters. The van der Waals surface area contributed by atoms with Gasteiger partial charge < -0.3 is 15.1 Å². The summed E-state index contributed by atoms with van der Waals surface area (Å²) in [6.07, 6.45) is 3.54. The summed E-state index contributed by atoms with van der Waals surface area (Å²) in [5, 5.41) is 3.04. The smallest absolute Gasteiger partial charge is 0.317 e. The van der Waals surface area contributed by atoms with Crippen molar-refractivity contribution in [2.75, 3.05) is 23.3 Å². The van der Waals surface area contributed by atoms with Gasteiger partial charge in [0.15, 0.2) is 0 Å². The van der Waals surface area contributed by atoms with E-state index in [0.29, 0.717) is 6.42 Å². The van der Waals surface area contributed by atoms with Gasteiger partial charge >= 0.3 is 6.03 Å². The second-order valence-corrected chi connectivity index (χ2v) is 7.34. The summed E-state index contributed by atoms with van der Waals surface area (Å²) in [6, 6.07) is 16.1. The molecule has 2 aromatic carbocycles. The zero-order chi connectivity index (χ0) is 18.8. The van der Waals surface area contributed by atoms with Gasteiger partial charge in [-0.05, 0) is 55.5 Å². The van der Waals surface area contributed by atoms with Crippen LogP contribution in [0.2, 0.25) is 0 Å². The summed E-state index contributed by atoms with van der Waals surface area (Å²) in [6.45, 7) is 3.53. The van der Waals surface area contributed by atoms with Crippen LogP contribution >= 0.6 is 0 Å². The monoisotopic (exact) mass is 363 g/mol. The molecule has 0 spiro atoms. The molecule has 2 fully saturated rings. The molecule has 4 rings (SSSR count). The lowest BCUT2D eigenvalue weighted by Gasteiger charge is -2.26. The number of hydrogen-bond acceptors (Lipinski definition) is 2. The van der Waals surface area contributed by atoms with Crippen LogP contribution in [0.5, 0.6) is 0 Å². The van der Waals surface area contributed by atoms with E-state index in [-0.39, 0.29) is 18.0 Å². The molecular weight excluding hydrogens is 338 g/mol. The number of anilines is 2. The maximum Gasteiger partial charge on any atom is 0.322 e. The maximum absolute atomic E-state index is 12.9. The maximum atomic E-state index is 12.9. The molecule has 0 radical (unpaired) electrons. The summed E-state index contributed by atoms with van der Waals surface area (Å²) >= 11 is 0. The predicted octanol–water partition coefficient (Wildman–Crippen LogP) is 4.49. The van der Waals surface area contributed by atoms with Gasteiger partial charge in [0.05, 0.1) is 6.04 Å². The molecule has 2 aliphatic heterocycles. The number of nitrogens with one attached hydrogen (secondary N) is 1. The van der Waals surface area contributed by atoms with Crippen LogP contribution in [0.3, 0.4) is 0 Å². The Hall–Kier alpha value is -2.82. The minimum atomic E-state index is -0.0641. The van der Waals surface area contributed by atoms with Crippen molar-refractivity contribution in [3.8, 4) is 0 Å². The Labute approximate surface area is 160 Å². The highest BCUT2D eigenvalue weighted by Gasteiger charge is 2.30. The van der Waals surface area contributed by atoms with E-state index in [2.05, 4.69) is 17.4 Å². The van der Waals surface area contributed by atoms with Crippen LogP contribution in [-0.4, -0.2) is 29.9 Å². The average molecular weight is 363 g/mol. The van der Waals surface area contributed by atoms with Gasteiger partial charge in [-0.3, -0.25) is 4.79 Å². The lowest BCUT2D eigenvalue weighted by atomic mass is 10.1. The first-order chi connectivity index (χ1) is 13.1. The van der Waals surface area contributed by atoms with Gasteiger partial charge in [-0.15, -0.1) is 0 Å². The minimum Gasteiger partial charge on any atom is -0.317 e. The number of amides is 3. The van der Waals surface area contributed by atoms with Crippen LogP contribution in [0.4, 0.5) is 16.2 Å². The number of nitrogens with zero attached hydrogens (tertiary/aromatic N) is 2. The molecule has 5 heteroatoms. The van der Waals surface area contributed by atoms with Gasteiger partial charge in [-0.1, -0.05) is 30.3 Å². The Kier molecular flexibility index (Phi) is 4.84. The second-order valence-electron chi connectivity index (χ2n) is 7.34. The van der Waals surface area contributed by atoms with E-state index < -0.39 is 0 Å². The Morgan fingerprint density at radius 2 is 1.89 bits per heavy atom. The molecule has 2 heterocycles. The van der Waals surface area contributed by atoms with Crippen molar-refractivity contribution in [3.05, 3.63) is 59.7 Å². The number of carbonyl (C=O) groups is 2. The highest BCUT2D eigenvalue weighted by atomic mass is 16.2. The van der Waals surface area contributed by atoms with Crippen molar-refractivity contribution in [1.29, 1.82) is 0 Å². The quantitative estimate of drug-likeness (QED) is 0.873. The molecule has 1 atom stereocenters. The van der Waals surface area contributed by atoms with E-state index in [1.807, 2.05) is 53.1 Å². The van der Waals surface area contributed by atoms with E-state index >= 15 is 0 Å². The lowest BCUT2D eigenvalue weighted by Crippen LogP contribution is -2.34. The van der Waals surface area contributed by atoms with E-state index in [9.17, 15) is 9.59 Å². The van der Waals surface area contributed by atoms with Crippen LogP contribution in [0.1, 0.15) is 42.9 Å². The number of benzene rings is 2. The van der Waals surface area contributed by atoms with Crippen molar-refractivity contribution >= 4 is 23.3 Å². The Morgan fingerprint density at radius 3 is 2.59 bits per heavy atom. The Morgan fingerprint density at radius 1 is 1.07 bits per heavy atom. The van der Waals surface area contributed by atoms with Gasteiger partial charge in [0.2, 0.25) is 5.91 Å². The van der Waals surface area contributed by atoms with Gasteiger partial charge in [0.1, 0.15) is 0 Å². The molecule has 0 aromatic heterocycles. The molecule has 27 heavy (non-hydrogen) atoms. The van der Waals surface area contributed by atoms with Gasteiger partial charge in [-0.25, -0.2) is 4.79 Å². The molecular formula is C22H25N3O2. The molecule has 2 aromatic rings. The minimum absolute atomic E-state index is 0.0641. The van der Waals surface area contributed by atoms with Crippen LogP contribution in [-0.2, 0) is 4.79 Å². The lowest BCUT2D eigenvalue weighted by molar-refractivity contribution is -0.117. The molecule has 0 aliphatic carbocycles. The third-order valence-corrected chi connectivity index (χ3v) is 5.51. The van der Waals surface area contributed by atoms with Crippen LogP contribution in [0, 0.1) is 6.92 Å². The summed E-state index contributed by atoms with van der Waals surface area (Å²) < 4.78 is 0. The van der Waals surface area contributed by atoms with Crippen molar-refractivity contribution in [2.24, 2.45) is 0 Å². The molecule has 1 N–H and O–H groups in total. The highest BCUT2D eigenvalue weighted by Crippen LogP contribution is 2.33. The van der Waals surface area contributed by atoms with Crippen molar-refractivity contribution in [1.82, 2.24) is 4.90 Å². The summed E-state index contributed by atoms with van der Waals surface area (Å²) in [5.41, 5.74) is 3.90. The number of hydrogen-bond donors (Lipinski definition) is 1. The number of likely N-dealkylation sites (tertiary alicyclic amines) is 1. The first-order valence-electron chi connectivity index (χ1n) is 9.67. The summed E-state index contributed by atoms with van der Waals surface area (Å²) in [4.78, 5) is 28.6. The van der Waals surface area contributed by atoms with E-state index in [1.165, 1.54) is 5.56 Å². The third kappa shape index (κ3) is 3.54. The zero-order valence-corrected chi connectivity index (χ0v) is 15.6. The molecule has 2 aliphatic rings. The van der Waals surface area contributed by atoms with Gasteiger partial charge in [-0.2, -0.15) is 0 Å². The van der Waals surface area contributed by atoms with E-state index in [0.717, 1.165) is 49.3 Å². The van der Waals surface area contributed by atoms with Crippen molar-refractivity contribution in [3.63, 3.8) is 0 Å². The first-order valence-corrected chi connectivity index (χ1v) is 9.67.